The van der Waals surface area contributed by atoms with Crippen molar-refractivity contribution in [3.05, 3.63) is 84.6 Å². The van der Waals surface area contributed by atoms with E-state index in [1.165, 1.54) is 12.1 Å². The third-order valence-corrected chi connectivity index (χ3v) is 5.93. The standard InChI is InChI=1S/C27H22FN7/c1-35(2)15-16-10-18(13-29-12-16)23-11-21-24(14-30-23)33-34-26(21)27-31-22-5-3-4-20(25(22)32-27)17-6-8-19(28)9-7-17/h3-14H,15H2,1-2H3,(H,31,32)(H,33,34). The van der Waals surface area contributed by atoms with Gasteiger partial charge in [0, 0.05) is 35.5 Å². The minimum Gasteiger partial charge on any atom is -0.337 e. The first-order valence-electron chi connectivity index (χ1n) is 11.2. The van der Waals surface area contributed by atoms with Crippen LogP contribution in [0.5, 0.6) is 0 Å². The van der Waals surface area contributed by atoms with Gasteiger partial charge < -0.3 is 9.88 Å². The van der Waals surface area contributed by atoms with Gasteiger partial charge >= 0.3 is 0 Å². The number of hydrogen-bond acceptors (Lipinski definition) is 5. The van der Waals surface area contributed by atoms with Crippen molar-refractivity contribution >= 4 is 21.9 Å². The topological polar surface area (TPSA) is 86.4 Å². The summed E-state index contributed by atoms with van der Waals surface area (Å²) in [6, 6.07) is 16.5. The molecule has 6 rings (SSSR count). The molecule has 0 aliphatic rings. The van der Waals surface area contributed by atoms with Crippen molar-refractivity contribution < 1.29 is 4.39 Å². The van der Waals surface area contributed by atoms with E-state index in [4.69, 9.17) is 4.98 Å². The number of nitrogens with zero attached hydrogens (tertiary/aromatic N) is 5. The lowest BCUT2D eigenvalue weighted by molar-refractivity contribution is 0.402. The molecule has 2 N–H and O–H groups in total. The Balaban J connectivity index is 1.44. The molecule has 8 heteroatoms. The molecule has 7 nitrogen and oxygen atoms in total. The highest BCUT2D eigenvalue weighted by molar-refractivity contribution is 5.97. The zero-order valence-corrected chi connectivity index (χ0v) is 19.2. The molecule has 0 spiro atoms. The summed E-state index contributed by atoms with van der Waals surface area (Å²) in [7, 11) is 4.06. The molecule has 0 aliphatic carbocycles. The lowest BCUT2D eigenvalue weighted by Gasteiger charge is -2.10. The molecule has 0 saturated carbocycles. The number of halogens is 1. The third kappa shape index (κ3) is 3.94. The van der Waals surface area contributed by atoms with Gasteiger partial charge in [0.05, 0.1) is 28.4 Å². The quantitative estimate of drug-likeness (QED) is 0.356. The number of benzene rings is 2. The summed E-state index contributed by atoms with van der Waals surface area (Å²) in [6.07, 6.45) is 5.48. The molecule has 0 unspecified atom stereocenters. The Morgan fingerprint density at radius 1 is 0.914 bits per heavy atom. The summed E-state index contributed by atoms with van der Waals surface area (Å²) in [6.45, 7) is 0.801. The van der Waals surface area contributed by atoms with Gasteiger partial charge in [-0.3, -0.25) is 15.1 Å². The fourth-order valence-electron chi connectivity index (χ4n) is 4.34. The molecule has 0 atom stereocenters. The van der Waals surface area contributed by atoms with E-state index < -0.39 is 0 Å². The summed E-state index contributed by atoms with van der Waals surface area (Å²) >= 11 is 0. The van der Waals surface area contributed by atoms with E-state index in [-0.39, 0.29) is 5.82 Å². The number of aromatic nitrogens is 6. The average Bonchev–Trinajstić information content (AvgIpc) is 3.48. The van der Waals surface area contributed by atoms with Crippen molar-refractivity contribution in [2.75, 3.05) is 14.1 Å². The maximum atomic E-state index is 13.4. The van der Waals surface area contributed by atoms with Crippen LogP contribution in [-0.2, 0) is 6.54 Å². The van der Waals surface area contributed by atoms with Crippen LogP contribution in [0.1, 0.15) is 5.56 Å². The predicted octanol–water partition coefficient (Wildman–Crippen LogP) is 5.43. The van der Waals surface area contributed by atoms with E-state index in [1.54, 1.807) is 18.3 Å². The molecule has 4 heterocycles. The molecule has 172 valence electrons. The summed E-state index contributed by atoms with van der Waals surface area (Å²) < 4.78 is 13.4. The van der Waals surface area contributed by atoms with E-state index in [2.05, 4.69) is 36.1 Å². The van der Waals surface area contributed by atoms with Crippen LogP contribution < -0.4 is 0 Å². The number of nitrogens with one attached hydrogen (secondary N) is 2. The van der Waals surface area contributed by atoms with Crippen LogP contribution in [0.15, 0.2) is 73.2 Å². The van der Waals surface area contributed by atoms with Crippen LogP contribution in [0.4, 0.5) is 4.39 Å². The van der Waals surface area contributed by atoms with Gasteiger partial charge in [0.1, 0.15) is 11.5 Å². The molecule has 0 bridgehead atoms. The van der Waals surface area contributed by atoms with Crippen molar-refractivity contribution in [3.63, 3.8) is 0 Å². The van der Waals surface area contributed by atoms with Gasteiger partial charge in [-0.15, -0.1) is 0 Å². The summed E-state index contributed by atoms with van der Waals surface area (Å²) in [5, 5.41) is 8.51. The van der Waals surface area contributed by atoms with Gasteiger partial charge in [0.25, 0.3) is 0 Å². The Bertz CT molecular complexity index is 1670. The largest absolute Gasteiger partial charge is 0.337 e. The molecule has 0 aliphatic heterocycles. The zero-order chi connectivity index (χ0) is 23.9. The maximum absolute atomic E-state index is 13.4. The van der Waals surface area contributed by atoms with Crippen LogP contribution in [0.2, 0.25) is 0 Å². The van der Waals surface area contributed by atoms with Crippen LogP contribution in [0.3, 0.4) is 0 Å². The first-order valence-corrected chi connectivity index (χ1v) is 11.2. The molecule has 0 radical (unpaired) electrons. The normalized spacial score (nSPS) is 11.7. The predicted molar refractivity (Wildman–Crippen MR) is 135 cm³/mol. The van der Waals surface area contributed by atoms with Crippen LogP contribution >= 0.6 is 0 Å². The number of pyridine rings is 2. The van der Waals surface area contributed by atoms with Crippen LogP contribution in [0, 0.1) is 5.82 Å². The van der Waals surface area contributed by atoms with E-state index in [1.807, 2.05) is 50.8 Å². The summed E-state index contributed by atoms with van der Waals surface area (Å²) in [5.41, 5.74) is 7.93. The number of rotatable bonds is 5. The minimum atomic E-state index is -0.265. The van der Waals surface area contributed by atoms with Crippen molar-refractivity contribution in [2.24, 2.45) is 0 Å². The average molecular weight is 464 g/mol. The third-order valence-electron chi connectivity index (χ3n) is 5.93. The first-order chi connectivity index (χ1) is 17.0. The lowest BCUT2D eigenvalue weighted by Crippen LogP contribution is -2.10. The summed E-state index contributed by atoms with van der Waals surface area (Å²) in [5.74, 6) is 0.385. The number of aromatic amines is 2. The number of fused-ring (bicyclic) bond motifs is 2. The van der Waals surface area contributed by atoms with Gasteiger partial charge in [0.15, 0.2) is 5.82 Å². The summed E-state index contributed by atoms with van der Waals surface area (Å²) in [4.78, 5) is 19.4. The molecular formula is C27H22FN7. The highest BCUT2D eigenvalue weighted by Crippen LogP contribution is 2.32. The lowest BCUT2D eigenvalue weighted by atomic mass is 10.0. The van der Waals surface area contributed by atoms with Gasteiger partial charge in [-0.1, -0.05) is 24.3 Å². The van der Waals surface area contributed by atoms with E-state index >= 15 is 0 Å². The number of H-pyrrole nitrogens is 2. The Morgan fingerprint density at radius 2 is 1.77 bits per heavy atom. The molecule has 4 aromatic heterocycles. The smallest absolute Gasteiger partial charge is 0.159 e. The Hall–Kier alpha value is -4.43. The second kappa shape index (κ2) is 8.41. The van der Waals surface area contributed by atoms with E-state index in [9.17, 15) is 4.39 Å². The number of para-hydroxylation sites is 1. The maximum Gasteiger partial charge on any atom is 0.159 e. The van der Waals surface area contributed by atoms with Crippen molar-refractivity contribution in [1.82, 2.24) is 35.0 Å². The molecule has 0 saturated heterocycles. The van der Waals surface area contributed by atoms with Crippen molar-refractivity contribution in [1.29, 1.82) is 0 Å². The Morgan fingerprint density at radius 3 is 2.60 bits per heavy atom. The molecule has 2 aromatic carbocycles. The van der Waals surface area contributed by atoms with Crippen LogP contribution in [0.25, 0.3) is 55.8 Å². The van der Waals surface area contributed by atoms with Gasteiger partial charge in [-0.05, 0) is 55.6 Å². The molecule has 0 fully saturated rings. The van der Waals surface area contributed by atoms with Crippen molar-refractivity contribution in [2.45, 2.75) is 6.54 Å². The van der Waals surface area contributed by atoms with E-state index in [0.717, 1.165) is 56.4 Å². The van der Waals surface area contributed by atoms with Gasteiger partial charge in [-0.2, -0.15) is 5.10 Å². The molecule has 35 heavy (non-hydrogen) atoms. The fraction of sp³-hybridized carbons (Fsp3) is 0.111. The Labute approximate surface area is 200 Å². The molecule has 6 aromatic rings. The SMILES string of the molecule is CN(C)Cc1cncc(-c2cc3c(-c4nc5c(-c6ccc(F)cc6)cccc5[nH]4)n[nH]c3cn2)c1. The first kappa shape index (κ1) is 21.1. The minimum absolute atomic E-state index is 0.265. The van der Waals surface area contributed by atoms with E-state index in [0.29, 0.717) is 11.5 Å². The number of hydrogen-bond donors (Lipinski definition) is 2. The zero-order valence-electron chi connectivity index (χ0n) is 19.2. The monoisotopic (exact) mass is 463 g/mol. The van der Waals surface area contributed by atoms with Crippen molar-refractivity contribution in [3.8, 4) is 33.9 Å². The highest BCUT2D eigenvalue weighted by atomic mass is 19.1. The highest BCUT2D eigenvalue weighted by Gasteiger charge is 2.16. The van der Waals surface area contributed by atoms with Crippen LogP contribution in [-0.4, -0.2) is 49.1 Å². The molecular weight excluding hydrogens is 441 g/mol. The van der Waals surface area contributed by atoms with Gasteiger partial charge in [0.2, 0.25) is 0 Å². The fourth-order valence-corrected chi connectivity index (χ4v) is 4.34. The second-order valence-electron chi connectivity index (χ2n) is 8.80. The number of imidazole rings is 1. The molecule has 0 amide bonds. The second-order valence-corrected chi connectivity index (χ2v) is 8.80. The Kier molecular flexibility index (Phi) is 5.08. The van der Waals surface area contributed by atoms with Gasteiger partial charge in [-0.25, -0.2) is 9.37 Å².